The van der Waals surface area contributed by atoms with Crippen LogP contribution in [0.4, 0.5) is 5.69 Å². The van der Waals surface area contributed by atoms with Crippen molar-refractivity contribution in [1.82, 2.24) is 14.9 Å². The molecule has 2 rings (SSSR count). The molecule has 0 spiro atoms. The number of hydrogen-bond acceptors (Lipinski definition) is 4. The van der Waals surface area contributed by atoms with Crippen molar-refractivity contribution in [1.29, 1.82) is 5.26 Å². The summed E-state index contributed by atoms with van der Waals surface area (Å²) in [7, 11) is 6.07. The van der Waals surface area contributed by atoms with Crippen molar-refractivity contribution in [2.45, 2.75) is 0 Å². The molecule has 0 atom stereocenters. The summed E-state index contributed by atoms with van der Waals surface area (Å²) in [4.78, 5) is 11.5. The molecule has 94 valence electrons. The van der Waals surface area contributed by atoms with E-state index in [1.54, 1.807) is 6.33 Å². The van der Waals surface area contributed by atoms with Gasteiger partial charge in [0.15, 0.2) is 0 Å². The fraction of sp³-hybridized carbons (Fsp3) is 0.385. The number of benzene rings is 1. The molecule has 1 N–H and O–H groups in total. The van der Waals surface area contributed by atoms with Crippen LogP contribution < -0.4 is 4.90 Å². The number of nitrogens with one attached hydrogen (secondary N) is 1. The third-order valence-electron chi connectivity index (χ3n) is 2.95. The minimum Gasteiger partial charge on any atom is -0.372 e. The van der Waals surface area contributed by atoms with Gasteiger partial charge in [0.05, 0.1) is 28.6 Å². The van der Waals surface area contributed by atoms with Crippen molar-refractivity contribution in [3.63, 3.8) is 0 Å². The smallest absolute Gasteiger partial charge is 0.101 e. The highest BCUT2D eigenvalue weighted by atomic mass is 15.2. The molecule has 1 aromatic carbocycles. The van der Waals surface area contributed by atoms with Gasteiger partial charge in [0.1, 0.15) is 6.07 Å². The molecule has 0 aliphatic carbocycles. The molecule has 0 amide bonds. The van der Waals surface area contributed by atoms with Crippen LogP contribution in [0.15, 0.2) is 18.5 Å². The van der Waals surface area contributed by atoms with Gasteiger partial charge in [-0.2, -0.15) is 5.26 Å². The lowest BCUT2D eigenvalue weighted by atomic mass is 10.1. The average Bonchev–Trinajstić information content (AvgIpc) is 2.81. The minimum absolute atomic E-state index is 0.674. The Morgan fingerprint density at radius 2 is 2.06 bits per heavy atom. The largest absolute Gasteiger partial charge is 0.372 e. The molecule has 0 saturated carbocycles. The molecule has 1 aromatic heterocycles. The lowest BCUT2D eigenvalue weighted by Gasteiger charge is -2.22. The zero-order valence-electron chi connectivity index (χ0n) is 10.9. The second-order valence-electron chi connectivity index (χ2n) is 4.63. The summed E-state index contributed by atoms with van der Waals surface area (Å²) in [5.74, 6) is 0. The second-order valence-corrected chi connectivity index (χ2v) is 4.63. The van der Waals surface area contributed by atoms with Crippen LogP contribution in [0.3, 0.4) is 0 Å². The van der Waals surface area contributed by atoms with E-state index < -0.39 is 0 Å². The molecule has 0 aliphatic rings. The van der Waals surface area contributed by atoms with Crippen LogP contribution in [0.5, 0.6) is 0 Å². The van der Waals surface area contributed by atoms with Crippen molar-refractivity contribution in [3.05, 3.63) is 24.0 Å². The molecule has 2 aromatic rings. The molecular formula is C13H17N5. The summed E-state index contributed by atoms with van der Waals surface area (Å²) in [6.45, 7) is 1.82. The lowest BCUT2D eigenvalue weighted by molar-refractivity contribution is 0.416. The summed E-state index contributed by atoms with van der Waals surface area (Å²) in [5, 5.41) is 9.22. The van der Waals surface area contributed by atoms with Crippen molar-refractivity contribution >= 4 is 16.7 Å². The van der Waals surface area contributed by atoms with Gasteiger partial charge in [-0.15, -0.1) is 0 Å². The molecule has 0 saturated heterocycles. The Kier molecular flexibility index (Phi) is 3.49. The normalized spacial score (nSPS) is 10.8. The topological polar surface area (TPSA) is 58.9 Å². The van der Waals surface area contributed by atoms with Gasteiger partial charge in [0.25, 0.3) is 0 Å². The number of anilines is 1. The van der Waals surface area contributed by atoms with E-state index in [2.05, 4.69) is 25.8 Å². The number of nitrogens with zero attached hydrogens (tertiary/aromatic N) is 4. The maximum Gasteiger partial charge on any atom is 0.101 e. The third kappa shape index (κ3) is 2.44. The number of fused-ring (bicyclic) bond motifs is 1. The minimum atomic E-state index is 0.674. The molecule has 0 aliphatic heterocycles. The number of H-pyrrole nitrogens is 1. The molecule has 18 heavy (non-hydrogen) atoms. The Morgan fingerprint density at radius 3 is 2.72 bits per heavy atom. The van der Waals surface area contributed by atoms with Gasteiger partial charge >= 0.3 is 0 Å². The Bertz CT molecular complexity index is 579. The van der Waals surface area contributed by atoms with Gasteiger partial charge < -0.3 is 14.8 Å². The quantitative estimate of drug-likeness (QED) is 0.882. The third-order valence-corrected chi connectivity index (χ3v) is 2.95. The maximum absolute atomic E-state index is 9.22. The molecule has 0 unspecified atom stereocenters. The molecule has 0 fully saturated rings. The van der Waals surface area contributed by atoms with E-state index in [0.29, 0.717) is 5.56 Å². The second kappa shape index (κ2) is 5.07. The zero-order valence-corrected chi connectivity index (χ0v) is 10.9. The van der Waals surface area contributed by atoms with E-state index in [4.69, 9.17) is 0 Å². The fourth-order valence-electron chi connectivity index (χ4n) is 1.85. The van der Waals surface area contributed by atoms with Crippen LogP contribution in [0.1, 0.15) is 5.56 Å². The molecule has 0 bridgehead atoms. The summed E-state index contributed by atoms with van der Waals surface area (Å²) < 4.78 is 0. The van der Waals surface area contributed by atoms with E-state index in [1.807, 2.05) is 33.3 Å². The predicted molar refractivity (Wildman–Crippen MR) is 72.6 cm³/mol. The molecule has 5 heteroatoms. The number of imidazole rings is 1. The SMILES string of the molecule is CN(C)CCN(C)c1cc2nc[nH]c2cc1C#N. The van der Waals surface area contributed by atoms with Crippen molar-refractivity contribution in [3.8, 4) is 6.07 Å². The number of likely N-dealkylation sites (N-methyl/N-ethyl adjacent to an activating group) is 2. The number of nitriles is 1. The summed E-state index contributed by atoms with van der Waals surface area (Å²) >= 11 is 0. The van der Waals surface area contributed by atoms with Crippen LogP contribution in [-0.2, 0) is 0 Å². The first kappa shape index (κ1) is 12.4. The zero-order chi connectivity index (χ0) is 13.1. The Morgan fingerprint density at radius 1 is 1.28 bits per heavy atom. The standard InChI is InChI=1S/C13H17N5/c1-17(2)4-5-18(3)13-7-12-11(15-9-16-12)6-10(13)8-14/h6-7,9H,4-5H2,1-3H3,(H,15,16). The number of hydrogen-bond donors (Lipinski definition) is 1. The highest BCUT2D eigenvalue weighted by Crippen LogP contribution is 2.24. The van der Waals surface area contributed by atoms with E-state index >= 15 is 0 Å². The monoisotopic (exact) mass is 243 g/mol. The Labute approximate surface area is 107 Å². The highest BCUT2D eigenvalue weighted by molar-refractivity contribution is 5.82. The van der Waals surface area contributed by atoms with Gasteiger partial charge in [0.2, 0.25) is 0 Å². The first-order valence-electron chi connectivity index (χ1n) is 5.85. The number of aromatic nitrogens is 2. The van der Waals surface area contributed by atoms with E-state index in [-0.39, 0.29) is 0 Å². The molecular weight excluding hydrogens is 226 g/mol. The average molecular weight is 243 g/mol. The van der Waals surface area contributed by atoms with Crippen LogP contribution in [-0.4, -0.2) is 49.1 Å². The van der Waals surface area contributed by atoms with Crippen LogP contribution in [0, 0.1) is 11.3 Å². The van der Waals surface area contributed by atoms with E-state index in [0.717, 1.165) is 29.8 Å². The van der Waals surface area contributed by atoms with Gasteiger partial charge in [-0.1, -0.05) is 0 Å². The van der Waals surface area contributed by atoms with Crippen LogP contribution in [0.25, 0.3) is 11.0 Å². The van der Waals surface area contributed by atoms with E-state index in [1.165, 1.54) is 0 Å². The lowest BCUT2D eigenvalue weighted by Crippen LogP contribution is -2.28. The molecule has 0 radical (unpaired) electrons. The summed E-state index contributed by atoms with van der Waals surface area (Å²) in [6, 6.07) is 6.05. The van der Waals surface area contributed by atoms with Gasteiger partial charge in [-0.25, -0.2) is 4.98 Å². The Balaban J connectivity index is 2.33. The number of aromatic amines is 1. The highest BCUT2D eigenvalue weighted by Gasteiger charge is 2.10. The summed E-state index contributed by atoms with van der Waals surface area (Å²) in [5.41, 5.74) is 3.39. The van der Waals surface area contributed by atoms with Gasteiger partial charge in [0, 0.05) is 20.1 Å². The van der Waals surface area contributed by atoms with Crippen molar-refractivity contribution in [2.75, 3.05) is 39.1 Å². The first-order valence-corrected chi connectivity index (χ1v) is 5.85. The molecule has 5 nitrogen and oxygen atoms in total. The van der Waals surface area contributed by atoms with Crippen molar-refractivity contribution in [2.24, 2.45) is 0 Å². The van der Waals surface area contributed by atoms with Crippen LogP contribution in [0.2, 0.25) is 0 Å². The van der Waals surface area contributed by atoms with Gasteiger partial charge in [-0.3, -0.25) is 0 Å². The predicted octanol–water partition coefficient (Wildman–Crippen LogP) is 1.43. The Hall–Kier alpha value is -2.06. The van der Waals surface area contributed by atoms with Gasteiger partial charge in [-0.05, 0) is 26.2 Å². The van der Waals surface area contributed by atoms with Crippen LogP contribution >= 0.6 is 0 Å². The maximum atomic E-state index is 9.22. The fourth-order valence-corrected chi connectivity index (χ4v) is 1.85. The summed E-state index contributed by atoms with van der Waals surface area (Å²) in [6.07, 6.45) is 1.65. The first-order chi connectivity index (χ1) is 8.61. The number of rotatable bonds is 4. The molecule has 1 heterocycles. The van der Waals surface area contributed by atoms with Crippen molar-refractivity contribution < 1.29 is 0 Å². The van der Waals surface area contributed by atoms with E-state index in [9.17, 15) is 5.26 Å².